The Morgan fingerprint density at radius 1 is 1.04 bits per heavy atom. The Bertz CT molecular complexity index is 776. The van der Waals surface area contributed by atoms with E-state index in [1.807, 2.05) is 18.2 Å². The maximum Gasteiger partial charge on any atom is 0.337 e. The molecule has 0 bridgehead atoms. The van der Waals surface area contributed by atoms with Gasteiger partial charge in [-0.2, -0.15) is 0 Å². The van der Waals surface area contributed by atoms with Crippen molar-refractivity contribution in [1.82, 2.24) is 10.3 Å². The maximum absolute atomic E-state index is 12.1. The lowest BCUT2D eigenvalue weighted by Gasteiger charge is -2.10. The number of aryl methyl sites for hydroxylation is 1. The van der Waals surface area contributed by atoms with Crippen molar-refractivity contribution in [1.29, 1.82) is 0 Å². The number of pyridine rings is 1. The molecule has 1 amide bonds. The Hall–Kier alpha value is -3.09. The van der Waals surface area contributed by atoms with Gasteiger partial charge in [-0.1, -0.05) is 6.07 Å². The van der Waals surface area contributed by atoms with Crippen LogP contribution < -0.4 is 14.8 Å². The van der Waals surface area contributed by atoms with Crippen molar-refractivity contribution < 1.29 is 23.8 Å². The van der Waals surface area contributed by atoms with Crippen molar-refractivity contribution in [2.24, 2.45) is 0 Å². The molecular weight excluding hydrogens is 336 g/mol. The van der Waals surface area contributed by atoms with Gasteiger partial charge in [-0.25, -0.2) is 4.79 Å². The van der Waals surface area contributed by atoms with E-state index in [1.165, 1.54) is 13.3 Å². The van der Waals surface area contributed by atoms with E-state index in [1.54, 1.807) is 26.4 Å². The molecule has 7 heteroatoms. The molecule has 0 fully saturated rings. The van der Waals surface area contributed by atoms with Gasteiger partial charge in [-0.3, -0.25) is 9.78 Å². The van der Waals surface area contributed by atoms with Crippen LogP contribution in [0, 0.1) is 0 Å². The van der Waals surface area contributed by atoms with Gasteiger partial charge in [0.05, 0.1) is 39.1 Å². The van der Waals surface area contributed by atoms with E-state index in [2.05, 4.69) is 15.0 Å². The third kappa shape index (κ3) is 5.20. The third-order valence-corrected chi connectivity index (χ3v) is 3.79. The van der Waals surface area contributed by atoms with E-state index in [4.69, 9.17) is 9.47 Å². The number of benzene rings is 1. The number of hydrogen-bond acceptors (Lipinski definition) is 6. The number of nitrogens with zero attached hydrogens (tertiary/aromatic N) is 1. The Morgan fingerprint density at radius 2 is 1.81 bits per heavy atom. The van der Waals surface area contributed by atoms with Gasteiger partial charge in [0.2, 0.25) is 5.91 Å². The highest BCUT2D eigenvalue weighted by Gasteiger charge is 2.09. The molecule has 0 aliphatic heterocycles. The van der Waals surface area contributed by atoms with E-state index in [0.717, 1.165) is 5.56 Å². The molecule has 0 saturated carbocycles. The first kappa shape index (κ1) is 19.2. The number of ether oxygens (including phenoxy) is 3. The predicted octanol–water partition coefficient (Wildman–Crippen LogP) is 2.13. The summed E-state index contributed by atoms with van der Waals surface area (Å²) in [5.74, 6) is 0.741. The largest absolute Gasteiger partial charge is 0.493 e. The van der Waals surface area contributed by atoms with E-state index in [-0.39, 0.29) is 12.5 Å². The molecule has 0 aliphatic carbocycles. The molecule has 0 aliphatic rings. The highest BCUT2D eigenvalue weighted by molar-refractivity contribution is 5.89. The van der Waals surface area contributed by atoms with Crippen LogP contribution in [0.2, 0.25) is 0 Å². The number of carbonyl (C=O) groups is 2. The topological polar surface area (TPSA) is 86.8 Å². The average molecular weight is 358 g/mol. The Balaban J connectivity index is 1.87. The highest BCUT2D eigenvalue weighted by Crippen LogP contribution is 2.27. The molecule has 1 aromatic carbocycles. The molecule has 0 radical (unpaired) electrons. The quantitative estimate of drug-likeness (QED) is 0.728. The van der Waals surface area contributed by atoms with E-state index in [9.17, 15) is 9.59 Å². The normalized spacial score (nSPS) is 10.1. The van der Waals surface area contributed by atoms with Crippen LogP contribution in [0.3, 0.4) is 0 Å². The first-order valence-electron chi connectivity index (χ1n) is 8.08. The molecule has 0 saturated heterocycles. The summed E-state index contributed by atoms with van der Waals surface area (Å²) in [7, 11) is 4.47. The Morgan fingerprint density at radius 3 is 2.50 bits per heavy atom. The van der Waals surface area contributed by atoms with Crippen molar-refractivity contribution in [3.05, 3.63) is 53.3 Å². The zero-order chi connectivity index (χ0) is 18.9. The molecule has 26 heavy (non-hydrogen) atoms. The summed E-state index contributed by atoms with van der Waals surface area (Å²) in [6.07, 6.45) is 2.41. The van der Waals surface area contributed by atoms with Crippen molar-refractivity contribution in [3.8, 4) is 11.5 Å². The van der Waals surface area contributed by atoms with Crippen LogP contribution in [0.5, 0.6) is 11.5 Å². The zero-order valence-electron chi connectivity index (χ0n) is 15.1. The second kappa shape index (κ2) is 9.41. The summed E-state index contributed by atoms with van der Waals surface area (Å²) in [6.45, 7) is 0.246. The summed E-state index contributed by atoms with van der Waals surface area (Å²) < 4.78 is 15.1. The second-order valence-corrected chi connectivity index (χ2v) is 5.49. The van der Waals surface area contributed by atoms with Crippen LogP contribution in [0.4, 0.5) is 0 Å². The summed E-state index contributed by atoms with van der Waals surface area (Å²) in [5.41, 5.74) is 1.97. The SMILES string of the molecule is COC(=O)c1ccnc(CNC(=O)CCc2ccc(OC)c(OC)c2)c1. The maximum atomic E-state index is 12.1. The van der Waals surface area contributed by atoms with Crippen LogP contribution in [-0.4, -0.2) is 38.2 Å². The fourth-order valence-electron chi connectivity index (χ4n) is 2.39. The minimum Gasteiger partial charge on any atom is -0.493 e. The number of amides is 1. The van der Waals surface area contributed by atoms with E-state index in [0.29, 0.717) is 35.6 Å². The molecule has 2 rings (SSSR count). The number of esters is 1. The summed E-state index contributed by atoms with van der Waals surface area (Å²) >= 11 is 0. The van der Waals surface area contributed by atoms with Crippen molar-refractivity contribution >= 4 is 11.9 Å². The zero-order valence-corrected chi connectivity index (χ0v) is 15.1. The van der Waals surface area contributed by atoms with Gasteiger partial charge in [0.15, 0.2) is 11.5 Å². The Kier molecular flexibility index (Phi) is 6.96. The number of rotatable bonds is 8. The van der Waals surface area contributed by atoms with E-state index >= 15 is 0 Å². The van der Waals surface area contributed by atoms with Gasteiger partial charge in [0, 0.05) is 12.6 Å². The molecular formula is C19H22N2O5. The van der Waals surface area contributed by atoms with Crippen molar-refractivity contribution in [2.75, 3.05) is 21.3 Å². The summed E-state index contributed by atoms with van der Waals surface area (Å²) in [6, 6.07) is 8.73. The predicted molar refractivity (Wildman–Crippen MR) is 95.3 cm³/mol. The second-order valence-electron chi connectivity index (χ2n) is 5.49. The van der Waals surface area contributed by atoms with Gasteiger partial charge in [0.1, 0.15) is 0 Å². The van der Waals surface area contributed by atoms with E-state index < -0.39 is 5.97 Å². The molecule has 0 atom stereocenters. The molecule has 1 N–H and O–H groups in total. The molecule has 1 aromatic heterocycles. The first-order valence-corrected chi connectivity index (χ1v) is 8.08. The molecule has 2 aromatic rings. The van der Waals surface area contributed by atoms with Crippen molar-refractivity contribution in [3.63, 3.8) is 0 Å². The lowest BCUT2D eigenvalue weighted by atomic mass is 10.1. The number of nitrogens with one attached hydrogen (secondary N) is 1. The van der Waals surface area contributed by atoms with Crippen LogP contribution in [0.15, 0.2) is 36.5 Å². The molecule has 1 heterocycles. The van der Waals surface area contributed by atoms with Gasteiger partial charge < -0.3 is 19.5 Å². The van der Waals surface area contributed by atoms with Crippen LogP contribution >= 0.6 is 0 Å². The van der Waals surface area contributed by atoms with Crippen LogP contribution in [0.25, 0.3) is 0 Å². The number of methoxy groups -OCH3 is 3. The summed E-state index contributed by atoms with van der Waals surface area (Å²) in [5, 5.41) is 2.80. The fourth-order valence-corrected chi connectivity index (χ4v) is 2.39. The number of carbonyl (C=O) groups excluding carboxylic acids is 2. The fraction of sp³-hybridized carbons (Fsp3) is 0.316. The molecule has 0 spiro atoms. The van der Waals surface area contributed by atoms with Crippen LogP contribution in [-0.2, 0) is 22.5 Å². The molecule has 0 unspecified atom stereocenters. The van der Waals surface area contributed by atoms with Crippen LogP contribution in [0.1, 0.15) is 28.0 Å². The average Bonchev–Trinajstić information content (AvgIpc) is 2.69. The highest BCUT2D eigenvalue weighted by atomic mass is 16.5. The standard InChI is InChI=1S/C19H22N2O5/c1-24-16-6-4-13(10-17(16)25-2)5-7-18(22)21-12-15-11-14(8-9-20-15)19(23)26-3/h4,6,8-11H,5,7,12H2,1-3H3,(H,21,22). The molecule has 138 valence electrons. The third-order valence-electron chi connectivity index (χ3n) is 3.79. The smallest absolute Gasteiger partial charge is 0.337 e. The van der Waals surface area contributed by atoms with Gasteiger partial charge in [-0.05, 0) is 36.2 Å². The van der Waals surface area contributed by atoms with Crippen molar-refractivity contribution in [2.45, 2.75) is 19.4 Å². The molecule has 7 nitrogen and oxygen atoms in total. The lowest BCUT2D eigenvalue weighted by molar-refractivity contribution is -0.121. The minimum absolute atomic E-state index is 0.106. The van der Waals surface area contributed by atoms with Gasteiger partial charge >= 0.3 is 5.97 Å². The Labute approximate surface area is 152 Å². The summed E-state index contributed by atoms with van der Waals surface area (Å²) in [4.78, 5) is 27.7. The number of aromatic nitrogens is 1. The monoisotopic (exact) mass is 358 g/mol. The number of hydrogen-bond donors (Lipinski definition) is 1. The lowest BCUT2D eigenvalue weighted by Crippen LogP contribution is -2.23. The van der Waals surface area contributed by atoms with Gasteiger partial charge in [-0.15, -0.1) is 0 Å². The van der Waals surface area contributed by atoms with Gasteiger partial charge in [0.25, 0.3) is 0 Å². The minimum atomic E-state index is -0.437. The first-order chi connectivity index (χ1) is 12.6.